The lowest BCUT2D eigenvalue weighted by atomic mass is 10.3. The van der Waals surface area contributed by atoms with Crippen molar-refractivity contribution < 1.29 is 4.39 Å². The molecule has 0 aliphatic rings. The molecule has 0 unspecified atom stereocenters. The van der Waals surface area contributed by atoms with E-state index in [1.54, 1.807) is 30.5 Å². The van der Waals surface area contributed by atoms with E-state index in [0.717, 1.165) is 5.69 Å². The van der Waals surface area contributed by atoms with Gasteiger partial charge in [-0.2, -0.15) is 0 Å². The number of pyridine rings is 1. The average Bonchev–Trinajstić information content (AvgIpc) is 2.25. The van der Waals surface area contributed by atoms with Crippen LogP contribution in [-0.4, -0.2) is 4.98 Å². The van der Waals surface area contributed by atoms with Gasteiger partial charge in [0.15, 0.2) is 5.15 Å². The van der Waals surface area contributed by atoms with Gasteiger partial charge in [-0.05, 0) is 36.4 Å². The van der Waals surface area contributed by atoms with Crippen LogP contribution in [0, 0.1) is 5.82 Å². The van der Waals surface area contributed by atoms with E-state index in [1.807, 2.05) is 0 Å². The number of nitrogens with one attached hydrogen (secondary N) is 1. The van der Waals surface area contributed by atoms with Gasteiger partial charge in [0.1, 0.15) is 5.82 Å². The molecule has 2 aromatic rings. The minimum Gasteiger partial charge on any atom is -0.353 e. The van der Waals surface area contributed by atoms with Crippen LogP contribution < -0.4 is 5.32 Å². The van der Waals surface area contributed by atoms with Gasteiger partial charge < -0.3 is 5.32 Å². The summed E-state index contributed by atoms with van der Waals surface area (Å²) in [6.45, 7) is 0. The van der Waals surface area contributed by atoms with Gasteiger partial charge in [0.05, 0.1) is 5.69 Å². The molecule has 1 N–H and O–H groups in total. The van der Waals surface area contributed by atoms with Crippen LogP contribution >= 0.6 is 11.6 Å². The largest absolute Gasteiger partial charge is 0.353 e. The molecule has 0 amide bonds. The van der Waals surface area contributed by atoms with E-state index in [9.17, 15) is 4.39 Å². The van der Waals surface area contributed by atoms with Crippen molar-refractivity contribution in [3.05, 3.63) is 53.6 Å². The van der Waals surface area contributed by atoms with E-state index < -0.39 is 0 Å². The molecule has 0 spiro atoms. The van der Waals surface area contributed by atoms with Crippen molar-refractivity contribution in [2.75, 3.05) is 5.32 Å². The van der Waals surface area contributed by atoms with E-state index >= 15 is 0 Å². The Hall–Kier alpha value is -1.61. The summed E-state index contributed by atoms with van der Waals surface area (Å²) in [4.78, 5) is 3.92. The molecule has 1 heterocycles. The maximum Gasteiger partial charge on any atom is 0.152 e. The van der Waals surface area contributed by atoms with Crippen LogP contribution in [0.3, 0.4) is 0 Å². The quantitative estimate of drug-likeness (QED) is 0.785. The molecular weight excluding hydrogens is 215 g/mol. The van der Waals surface area contributed by atoms with Gasteiger partial charge in [-0.1, -0.05) is 11.6 Å². The van der Waals surface area contributed by atoms with Gasteiger partial charge in [-0.3, -0.25) is 0 Å². The van der Waals surface area contributed by atoms with E-state index in [0.29, 0.717) is 10.8 Å². The first kappa shape index (κ1) is 9.93. The number of aromatic nitrogens is 1. The highest BCUT2D eigenvalue weighted by Gasteiger charge is 2.00. The lowest BCUT2D eigenvalue weighted by molar-refractivity contribution is 0.628. The van der Waals surface area contributed by atoms with Crippen molar-refractivity contribution in [1.82, 2.24) is 4.98 Å². The molecule has 0 radical (unpaired) electrons. The monoisotopic (exact) mass is 222 g/mol. The second kappa shape index (κ2) is 4.28. The topological polar surface area (TPSA) is 24.9 Å². The summed E-state index contributed by atoms with van der Waals surface area (Å²) in [6, 6.07) is 9.62. The third-order valence-electron chi connectivity index (χ3n) is 1.88. The van der Waals surface area contributed by atoms with Gasteiger partial charge in [0.25, 0.3) is 0 Å². The summed E-state index contributed by atoms with van der Waals surface area (Å²) in [7, 11) is 0. The highest BCUT2D eigenvalue weighted by Crippen LogP contribution is 2.22. The molecule has 0 atom stereocenters. The van der Waals surface area contributed by atoms with Crippen molar-refractivity contribution in [3.63, 3.8) is 0 Å². The summed E-state index contributed by atoms with van der Waals surface area (Å²) < 4.78 is 12.6. The maximum absolute atomic E-state index is 12.6. The van der Waals surface area contributed by atoms with E-state index in [-0.39, 0.29) is 5.82 Å². The van der Waals surface area contributed by atoms with Gasteiger partial charge in [0.2, 0.25) is 0 Å². The predicted molar refractivity (Wildman–Crippen MR) is 58.9 cm³/mol. The average molecular weight is 223 g/mol. The number of anilines is 2. The molecule has 0 aliphatic heterocycles. The zero-order valence-electron chi connectivity index (χ0n) is 7.74. The van der Waals surface area contributed by atoms with Crippen LogP contribution in [-0.2, 0) is 0 Å². The summed E-state index contributed by atoms with van der Waals surface area (Å²) in [6.07, 6.45) is 1.61. The third-order valence-corrected chi connectivity index (χ3v) is 2.18. The third kappa shape index (κ3) is 2.44. The number of hydrogen-bond donors (Lipinski definition) is 1. The van der Waals surface area contributed by atoms with Crippen LogP contribution in [0.1, 0.15) is 0 Å². The number of nitrogens with zero attached hydrogens (tertiary/aromatic N) is 1. The number of rotatable bonds is 2. The Kier molecular flexibility index (Phi) is 2.83. The smallest absolute Gasteiger partial charge is 0.152 e. The van der Waals surface area contributed by atoms with Crippen LogP contribution in [0.4, 0.5) is 15.8 Å². The van der Waals surface area contributed by atoms with Gasteiger partial charge in [-0.25, -0.2) is 9.37 Å². The fraction of sp³-hybridized carbons (Fsp3) is 0. The standard InChI is InChI=1S/C11H8ClFN2/c12-11-10(2-1-7-14-11)15-9-5-3-8(13)4-6-9/h1-7,15H. The lowest BCUT2D eigenvalue weighted by Crippen LogP contribution is -1.92. The SMILES string of the molecule is Fc1ccc(Nc2cccnc2Cl)cc1. The summed E-state index contributed by atoms with van der Waals surface area (Å²) in [5, 5.41) is 3.43. The zero-order valence-corrected chi connectivity index (χ0v) is 8.50. The van der Waals surface area contributed by atoms with Crippen LogP contribution in [0.25, 0.3) is 0 Å². The Bertz CT molecular complexity index is 456. The summed E-state index contributed by atoms with van der Waals surface area (Å²) >= 11 is 5.86. The van der Waals surface area contributed by atoms with Crippen molar-refractivity contribution in [1.29, 1.82) is 0 Å². The Morgan fingerprint density at radius 1 is 1.13 bits per heavy atom. The maximum atomic E-state index is 12.6. The van der Waals surface area contributed by atoms with Gasteiger partial charge in [-0.15, -0.1) is 0 Å². The van der Waals surface area contributed by atoms with Crippen molar-refractivity contribution >= 4 is 23.0 Å². The number of halogens is 2. The summed E-state index contributed by atoms with van der Waals surface area (Å²) in [5.41, 5.74) is 1.47. The van der Waals surface area contributed by atoms with Gasteiger partial charge in [0, 0.05) is 11.9 Å². The van der Waals surface area contributed by atoms with Crippen molar-refractivity contribution in [2.45, 2.75) is 0 Å². The fourth-order valence-electron chi connectivity index (χ4n) is 1.17. The minimum atomic E-state index is -0.266. The Labute approximate surface area is 91.7 Å². The second-order valence-electron chi connectivity index (χ2n) is 2.97. The van der Waals surface area contributed by atoms with Crippen molar-refractivity contribution in [2.24, 2.45) is 0 Å². The first-order chi connectivity index (χ1) is 7.25. The zero-order chi connectivity index (χ0) is 10.7. The molecule has 2 nitrogen and oxygen atoms in total. The van der Waals surface area contributed by atoms with Crippen LogP contribution in [0.15, 0.2) is 42.6 Å². The fourth-order valence-corrected chi connectivity index (χ4v) is 1.33. The highest BCUT2D eigenvalue weighted by molar-refractivity contribution is 6.32. The number of hydrogen-bond acceptors (Lipinski definition) is 2. The molecule has 0 saturated carbocycles. The van der Waals surface area contributed by atoms with E-state index in [2.05, 4.69) is 10.3 Å². The van der Waals surface area contributed by atoms with Crippen molar-refractivity contribution in [3.8, 4) is 0 Å². The number of benzene rings is 1. The normalized spacial score (nSPS) is 10.0. The first-order valence-electron chi connectivity index (χ1n) is 4.39. The molecule has 0 bridgehead atoms. The predicted octanol–water partition coefficient (Wildman–Crippen LogP) is 3.62. The molecule has 76 valence electrons. The molecule has 0 saturated heterocycles. The molecule has 15 heavy (non-hydrogen) atoms. The Morgan fingerprint density at radius 3 is 2.53 bits per heavy atom. The lowest BCUT2D eigenvalue weighted by Gasteiger charge is -2.06. The van der Waals surface area contributed by atoms with Gasteiger partial charge >= 0.3 is 0 Å². The molecule has 0 fully saturated rings. The molecule has 0 aliphatic carbocycles. The molecule has 2 rings (SSSR count). The van der Waals surface area contributed by atoms with E-state index in [4.69, 9.17) is 11.6 Å². The van der Waals surface area contributed by atoms with Crippen LogP contribution in [0.5, 0.6) is 0 Å². The Morgan fingerprint density at radius 2 is 1.87 bits per heavy atom. The molecule has 4 heteroatoms. The van der Waals surface area contributed by atoms with E-state index in [1.165, 1.54) is 12.1 Å². The second-order valence-corrected chi connectivity index (χ2v) is 3.33. The first-order valence-corrected chi connectivity index (χ1v) is 4.76. The van der Waals surface area contributed by atoms with Crippen LogP contribution in [0.2, 0.25) is 5.15 Å². The molecule has 1 aromatic heterocycles. The highest BCUT2D eigenvalue weighted by atomic mass is 35.5. The Balaban J connectivity index is 2.22. The molecule has 1 aromatic carbocycles. The molecular formula is C11H8ClFN2. The summed E-state index contributed by atoms with van der Waals surface area (Å²) in [5.74, 6) is -0.266. The minimum absolute atomic E-state index is 0.266.